The summed E-state index contributed by atoms with van der Waals surface area (Å²) in [6.07, 6.45) is 13.2. The molecule has 1 aliphatic heterocycles. The number of aliphatic imine (C=N–C) groups is 1. The number of hydrogen-bond acceptors (Lipinski definition) is 3. The Morgan fingerprint density at radius 2 is 1.95 bits per heavy atom. The van der Waals surface area contributed by atoms with Gasteiger partial charge >= 0.3 is 0 Å². The van der Waals surface area contributed by atoms with Crippen LogP contribution in [0.15, 0.2) is 41.9 Å². The second-order valence-electron chi connectivity index (χ2n) is 5.82. The van der Waals surface area contributed by atoms with Crippen molar-refractivity contribution in [2.75, 3.05) is 0 Å². The van der Waals surface area contributed by atoms with Gasteiger partial charge in [0.25, 0.3) is 0 Å². The minimum absolute atomic E-state index is 0.193. The third-order valence-electron chi connectivity index (χ3n) is 4.61. The van der Waals surface area contributed by atoms with Crippen LogP contribution in [-0.4, -0.2) is 21.7 Å². The molecular weight excluding hydrogens is 246 g/mol. The van der Waals surface area contributed by atoms with Crippen LogP contribution in [0.3, 0.4) is 0 Å². The Morgan fingerprint density at radius 1 is 1.05 bits per heavy atom. The van der Waals surface area contributed by atoms with Crippen molar-refractivity contribution in [2.24, 2.45) is 4.99 Å². The normalized spacial score (nSPS) is 24.0. The third-order valence-corrected chi connectivity index (χ3v) is 4.61. The molecule has 3 nitrogen and oxygen atoms in total. The van der Waals surface area contributed by atoms with Gasteiger partial charge < -0.3 is 0 Å². The molecule has 0 fully saturated rings. The summed E-state index contributed by atoms with van der Waals surface area (Å²) in [7, 11) is 0. The molecule has 1 aromatic carbocycles. The first-order chi connectivity index (χ1) is 9.86. The molecule has 1 aliphatic carbocycles. The van der Waals surface area contributed by atoms with Crippen molar-refractivity contribution in [3.05, 3.63) is 48.0 Å². The highest BCUT2D eigenvalue weighted by Crippen LogP contribution is 2.40. The first-order valence-electron chi connectivity index (χ1n) is 7.26. The number of aromatic nitrogens is 2. The SMILES string of the molecule is C1=N[C@]2(CC1)CCc1c(cccc1-c1cncnc1)C2. The van der Waals surface area contributed by atoms with E-state index >= 15 is 0 Å². The second kappa shape index (κ2) is 4.51. The lowest BCUT2D eigenvalue weighted by Gasteiger charge is -2.33. The van der Waals surface area contributed by atoms with E-state index in [4.69, 9.17) is 4.99 Å². The lowest BCUT2D eigenvalue weighted by Crippen LogP contribution is -2.31. The Morgan fingerprint density at radius 3 is 2.75 bits per heavy atom. The summed E-state index contributed by atoms with van der Waals surface area (Å²) >= 11 is 0. The van der Waals surface area contributed by atoms with Crippen LogP contribution in [0.25, 0.3) is 11.1 Å². The molecule has 0 saturated carbocycles. The van der Waals surface area contributed by atoms with Gasteiger partial charge in [-0.25, -0.2) is 9.97 Å². The Hall–Kier alpha value is -2.03. The number of rotatable bonds is 1. The van der Waals surface area contributed by atoms with Crippen molar-refractivity contribution in [3.63, 3.8) is 0 Å². The van der Waals surface area contributed by atoms with E-state index in [1.807, 2.05) is 12.4 Å². The number of hydrogen-bond donors (Lipinski definition) is 0. The van der Waals surface area contributed by atoms with Gasteiger partial charge in [0.05, 0.1) is 5.54 Å². The molecule has 2 aliphatic rings. The molecule has 2 aromatic rings. The fourth-order valence-corrected chi connectivity index (χ4v) is 3.58. The largest absolute Gasteiger partial charge is 0.291 e. The lowest BCUT2D eigenvalue weighted by atomic mass is 9.75. The Balaban J connectivity index is 1.77. The zero-order chi connectivity index (χ0) is 13.4. The van der Waals surface area contributed by atoms with Crippen LogP contribution < -0.4 is 0 Å². The molecule has 0 radical (unpaired) electrons. The standard InChI is InChI=1S/C17H17N3/c1-3-13-9-17(6-2-8-20-17)7-5-16(13)15(4-1)14-10-18-12-19-11-14/h1,3-4,8,10-12H,2,5-7,9H2/t17-/m1/s1. The Kier molecular flexibility index (Phi) is 2.66. The van der Waals surface area contributed by atoms with E-state index in [1.165, 1.54) is 29.5 Å². The first-order valence-corrected chi connectivity index (χ1v) is 7.26. The van der Waals surface area contributed by atoms with Gasteiger partial charge in [-0.2, -0.15) is 0 Å². The highest BCUT2D eigenvalue weighted by molar-refractivity contribution is 5.68. The van der Waals surface area contributed by atoms with Crippen LogP contribution in [0.5, 0.6) is 0 Å². The van der Waals surface area contributed by atoms with Crippen molar-refractivity contribution >= 4 is 6.21 Å². The average Bonchev–Trinajstić information content (AvgIpc) is 2.95. The summed E-state index contributed by atoms with van der Waals surface area (Å²) in [6, 6.07) is 6.60. The van der Waals surface area contributed by atoms with Crippen LogP contribution in [0.4, 0.5) is 0 Å². The zero-order valence-electron chi connectivity index (χ0n) is 11.4. The minimum atomic E-state index is 0.193. The van der Waals surface area contributed by atoms with Crippen molar-refractivity contribution in [2.45, 2.75) is 37.6 Å². The topological polar surface area (TPSA) is 38.1 Å². The molecule has 20 heavy (non-hydrogen) atoms. The quantitative estimate of drug-likeness (QED) is 0.792. The Bertz CT molecular complexity index is 663. The van der Waals surface area contributed by atoms with Gasteiger partial charge in [-0.1, -0.05) is 18.2 Å². The second-order valence-corrected chi connectivity index (χ2v) is 5.82. The summed E-state index contributed by atoms with van der Waals surface area (Å²) in [4.78, 5) is 13.1. The first kappa shape index (κ1) is 11.8. The van der Waals surface area contributed by atoms with E-state index in [-0.39, 0.29) is 5.54 Å². The maximum atomic E-state index is 4.78. The Labute approximate surface area is 118 Å². The van der Waals surface area contributed by atoms with Gasteiger partial charge in [0.2, 0.25) is 0 Å². The van der Waals surface area contributed by atoms with Crippen LogP contribution in [0.1, 0.15) is 30.4 Å². The van der Waals surface area contributed by atoms with E-state index in [1.54, 1.807) is 6.33 Å². The molecule has 1 aromatic heterocycles. The highest BCUT2D eigenvalue weighted by atomic mass is 14.9. The predicted octanol–water partition coefficient (Wildman–Crippen LogP) is 3.24. The molecule has 0 N–H and O–H groups in total. The summed E-state index contributed by atoms with van der Waals surface area (Å²) in [6.45, 7) is 0. The summed E-state index contributed by atoms with van der Waals surface area (Å²) in [5.74, 6) is 0. The fourth-order valence-electron chi connectivity index (χ4n) is 3.58. The van der Waals surface area contributed by atoms with Crippen LogP contribution >= 0.6 is 0 Å². The van der Waals surface area contributed by atoms with Crippen LogP contribution in [-0.2, 0) is 12.8 Å². The van der Waals surface area contributed by atoms with Crippen molar-refractivity contribution in [1.29, 1.82) is 0 Å². The third kappa shape index (κ3) is 1.85. The molecule has 1 spiro atoms. The summed E-state index contributed by atoms with van der Waals surface area (Å²) in [5.41, 5.74) is 5.53. The highest BCUT2D eigenvalue weighted by Gasteiger charge is 2.35. The van der Waals surface area contributed by atoms with E-state index in [2.05, 4.69) is 34.4 Å². The van der Waals surface area contributed by atoms with Gasteiger partial charge in [0.1, 0.15) is 6.33 Å². The molecular formula is C17H17N3. The van der Waals surface area contributed by atoms with Crippen LogP contribution in [0.2, 0.25) is 0 Å². The van der Waals surface area contributed by atoms with E-state index in [0.29, 0.717) is 0 Å². The molecule has 2 heterocycles. The van der Waals surface area contributed by atoms with Gasteiger partial charge in [-0.15, -0.1) is 0 Å². The fraction of sp³-hybridized carbons (Fsp3) is 0.353. The molecule has 100 valence electrons. The van der Waals surface area contributed by atoms with E-state index in [9.17, 15) is 0 Å². The minimum Gasteiger partial charge on any atom is -0.291 e. The van der Waals surface area contributed by atoms with Crippen LogP contribution in [0, 0.1) is 0 Å². The summed E-state index contributed by atoms with van der Waals surface area (Å²) < 4.78 is 0. The molecule has 0 bridgehead atoms. The number of nitrogens with zero attached hydrogens (tertiary/aromatic N) is 3. The average molecular weight is 263 g/mol. The monoisotopic (exact) mass is 263 g/mol. The van der Waals surface area contributed by atoms with Gasteiger partial charge in [-0.05, 0) is 55.0 Å². The maximum absolute atomic E-state index is 4.78. The predicted molar refractivity (Wildman–Crippen MR) is 80.0 cm³/mol. The van der Waals surface area contributed by atoms with Crippen molar-refractivity contribution < 1.29 is 0 Å². The molecule has 0 amide bonds. The molecule has 0 unspecified atom stereocenters. The number of benzene rings is 1. The van der Waals surface area contributed by atoms with Gasteiger partial charge in [0.15, 0.2) is 0 Å². The van der Waals surface area contributed by atoms with Gasteiger partial charge in [0, 0.05) is 18.0 Å². The lowest BCUT2D eigenvalue weighted by molar-refractivity contribution is 0.375. The molecule has 4 rings (SSSR count). The van der Waals surface area contributed by atoms with E-state index < -0.39 is 0 Å². The maximum Gasteiger partial charge on any atom is 0.115 e. The molecule has 1 atom stereocenters. The van der Waals surface area contributed by atoms with Crippen molar-refractivity contribution in [1.82, 2.24) is 9.97 Å². The molecule has 3 heteroatoms. The smallest absolute Gasteiger partial charge is 0.115 e. The van der Waals surface area contributed by atoms with Crippen molar-refractivity contribution in [3.8, 4) is 11.1 Å². The number of fused-ring (bicyclic) bond motifs is 1. The zero-order valence-corrected chi connectivity index (χ0v) is 11.4. The summed E-state index contributed by atoms with van der Waals surface area (Å²) in [5, 5.41) is 0. The molecule has 0 saturated heterocycles. The van der Waals surface area contributed by atoms with Gasteiger partial charge in [-0.3, -0.25) is 4.99 Å². The van der Waals surface area contributed by atoms with E-state index in [0.717, 1.165) is 24.8 Å².